The van der Waals surface area contributed by atoms with Gasteiger partial charge in [0.05, 0.1) is 10.7 Å². The van der Waals surface area contributed by atoms with Crippen LogP contribution in [-0.2, 0) is 4.79 Å². The summed E-state index contributed by atoms with van der Waals surface area (Å²) in [7, 11) is 0. The highest BCUT2D eigenvalue weighted by Gasteiger charge is 1.97. The summed E-state index contributed by atoms with van der Waals surface area (Å²) in [4.78, 5) is 10.3. The minimum Gasteiger partial charge on any atom is -0.464 e. The molecule has 0 saturated carbocycles. The van der Waals surface area contributed by atoms with Crippen molar-refractivity contribution in [1.29, 1.82) is 0 Å². The van der Waals surface area contributed by atoms with Crippen LogP contribution in [0.2, 0.25) is 0 Å². The van der Waals surface area contributed by atoms with Crippen LogP contribution in [0.25, 0.3) is 6.08 Å². The molecule has 1 heterocycles. The molecule has 0 radical (unpaired) electrons. The Balaban J connectivity index is 2.79. The maximum atomic E-state index is 10.3. The fraction of sp³-hybridized carbons (Fsp3) is 0. The molecule has 0 unspecified atom stereocenters. The predicted molar refractivity (Wildman–Crippen MR) is 44.6 cm³/mol. The third-order valence-electron chi connectivity index (χ3n) is 1.04. The van der Waals surface area contributed by atoms with Gasteiger partial charge in [-0.25, -0.2) is 0 Å². The zero-order valence-corrected chi connectivity index (χ0v) is 7.17. The number of hydrogen-bond donors (Lipinski definition) is 1. The molecule has 1 aromatic rings. The zero-order valence-electron chi connectivity index (χ0n) is 5.58. The molecule has 11 heavy (non-hydrogen) atoms. The Bertz CT molecular complexity index is 290. The van der Waals surface area contributed by atoms with Crippen molar-refractivity contribution in [1.82, 2.24) is 0 Å². The van der Waals surface area contributed by atoms with Gasteiger partial charge in [-0.1, -0.05) is 0 Å². The second kappa shape index (κ2) is 3.39. The van der Waals surface area contributed by atoms with E-state index < -0.39 is 5.91 Å². The normalized spacial score (nSPS) is 10.6. The minimum absolute atomic E-state index is 0.492. The van der Waals surface area contributed by atoms with Crippen LogP contribution in [0.1, 0.15) is 5.76 Å². The summed E-state index contributed by atoms with van der Waals surface area (Å²) < 4.78 is 5.77. The van der Waals surface area contributed by atoms with Gasteiger partial charge < -0.3 is 10.2 Å². The Morgan fingerprint density at radius 3 is 2.91 bits per heavy atom. The van der Waals surface area contributed by atoms with Crippen molar-refractivity contribution in [3.05, 3.63) is 28.6 Å². The van der Waals surface area contributed by atoms with E-state index in [-0.39, 0.29) is 0 Å². The average molecular weight is 216 g/mol. The van der Waals surface area contributed by atoms with Gasteiger partial charge in [0.1, 0.15) is 5.76 Å². The third kappa shape index (κ3) is 2.23. The number of hydrogen-bond acceptors (Lipinski definition) is 2. The number of primary amides is 1. The molecular weight excluding hydrogens is 210 g/mol. The molecule has 0 spiro atoms. The molecule has 1 amide bonds. The standard InChI is InChI=1S/C7H6BrNO2/c8-5-3-4-11-6(5)1-2-7(9)10/h1-4H,(H2,9,10). The number of carbonyl (C=O) groups is 1. The number of furan rings is 1. The highest BCUT2D eigenvalue weighted by molar-refractivity contribution is 9.10. The van der Waals surface area contributed by atoms with E-state index in [0.29, 0.717) is 5.76 Å². The van der Waals surface area contributed by atoms with E-state index in [1.165, 1.54) is 18.4 Å². The Hall–Kier alpha value is -1.03. The van der Waals surface area contributed by atoms with Gasteiger partial charge in [0, 0.05) is 6.08 Å². The smallest absolute Gasteiger partial charge is 0.241 e. The van der Waals surface area contributed by atoms with Gasteiger partial charge in [-0.15, -0.1) is 0 Å². The van der Waals surface area contributed by atoms with E-state index in [4.69, 9.17) is 10.2 Å². The lowest BCUT2D eigenvalue weighted by molar-refractivity contribution is -0.113. The highest BCUT2D eigenvalue weighted by atomic mass is 79.9. The molecule has 0 fully saturated rings. The highest BCUT2D eigenvalue weighted by Crippen LogP contribution is 2.18. The van der Waals surface area contributed by atoms with E-state index in [1.807, 2.05) is 0 Å². The SMILES string of the molecule is NC(=O)C=Cc1occc1Br. The van der Waals surface area contributed by atoms with E-state index in [0.717, 1.165) is 4.47 Å². The van der Waals surface area contributed by atoms with Gasteiger partial charge in [-0.3, -0.25) is 4.79 Å². The fourth-order valence-corrected chi connectivity index (χ4v) is 0.916. The van der Waals surface area contributed by atoms with Gasteiger partial charge in [0.25, 0.3) is 0 Å². The Kier molecular flexibility index (Phi) is 2.48. The lowest BCUT2D eigenvalue weighted by Gasteiger charge is -1.84. The molecule has 4 heteroatoms. The lowest BCUT2D eigenvalue weighted by Crippen LogP contribution is -2.04. The van der Waals surface area contributed by atoms with Crippen molar-refractivity contribution in [3.63, 3.8) is 0 Å². The zero-order chi connectivity index (χ0) is 8.27. The topological polar surface area (TPSA) is 56.2 Å². The van der Waals surface area contributed by atoms with Crippen LogP contribution in [0.4, 0.5) is 0 Å². The number of halogens is 1. The number of rotatable bonds is 2. The van der Waals surface area contributed by atoms with E-state index in [1.54, 1.807) is 6.07 Å². The van der Waals surface area contributed by atoms with Gasteiger partial charge in [-0.2, -0.15) is 0 Å². The molecule has 0 aliphatic rings. The second-order valence-corrected chi connectivity index (χ2v) is 2.72. The molecule has 58 valence electrons. The van der Waals surface area contributed by atoms with Crippen LogP contribution < -0.4 is 5.73 Å². The summed E-state index contributed by atoms with van der Waals surface area (Å²) in [6.07, 6.45) is 4.26. The van der Waals surface area contributed by atoms with Crippen molar-refractivity contribution >= 4 is 27.9 Å². The molecule has 0 bridgehead atoms. The van der Waals surface area contributed by atoms with E-state index in [9.17, 15) is 4.79 Å². The van der Waals surface area contributed by atoms with Gasteiger partial charge in [0.2, 0.25) is 5.91 Å². The van der Waals surface area contributed by atoms with Crippen LogP contribution >= 0.6 is 15.9 Å². The van der Waals surface area contributed by atoms with E-state index in [2.05, 4.69) is 15.9 Å². The summed E-state index contributed by atoms with van der Waals surface area (Å²) in [6, 6.07) is 1.74. The first-order valence-electron chi connectivity index (χ1n) is 2.90. The molecular formula is C7H6BrNO2. The molecule has 0 saturated heterocycles. The summed E-state index contributed by atoms with van der Waals surface area (Å²) in [6.45, 7) is 0. The van der Waals surface area contributed by atoms with Gasteiger partial charge in [0.15, 0.2) is 0 Å². The maximum Gasteiger partial charge on any atom is 0.241 e. The lowest BCUT2D eigenvalue weighted by atomic mass is 10.4. The first kappa shape index (κ1) is 8.07. The van der Waals surface area contributed by atoms with Crippen LogP contribution in [0, 0.1) is 0 Å². The van der Waals surface area contributed by atoms with Crippen molar-refractivity contribution in [2.75, 3.05) is 0 Å². The van der Waals surface area contributed by atoms with Crippen LogP contribution in [0.15, 0.2) is 27.3 Å². The largest absolute Gasteiger partial charge is 0.464 e. The van der Waals surface area contributed by atoms with Crippen LogP contribution in [0.5, 0.6) is 0 Å². The Morgan fingerprint density at radius 1 is 1.73 bits per heavy atom. The summed E-state index contributed by atoms with van der Waals surface area (Å²) >= 11 is 3.22. The fourth-order valence-electron chi connectivity index (χ4n) is 0.582. The first-order chi connectivity index (χ1) is 5.20. The number of carbonyl (C=O) groups excluding carboxylic acids is 1. The number of nitrogens with two attached hydrogens (primary N) is 1. The summed E-state index contributed by atoms with van der Waals surface area (Å²) in [5.41, 5.74) is 4.88. The van der Waals surface area contributed by atoms with Crippen LogP contribution in [-0.4, -0.2) is 5.91 Å². The first-order valence-corrected chi connectivity index (χ1v) is 3.70. The molecule has 0 aliphatic heterocycles. The van der Waals surface area contributed by atoms with Crippen LogP contribution in [0.3, 0.4) is 0 Å². The molecule has 1 aromatic heterocycles. The quantitative estimate of drug-likeness (QED) is 0.762. The van der Waals surface area contributed by atoms with E-state index >= 15 is 0 Å². The molecule has 1 rings (SSSR count). The summed E-state index contributed by atoms with van der Waals surface area (Å²) in [5, 5.41) is 0. The Labute approximate surface area is 72.0 Å². The second-order valence-electron chi connectivity index (χ2n) is 1.87. The van der Waals surface area contributed by atoms with Crippen molar-refractivity contribution < 1.29 is 9.21 Å². The van der Waals surface area contributed by atoms with Gasteiger partial charge >= 0.3 is 0 Å². The monoisotopic (exact) mass is 215 g/mol. The average Bonchev–Trinajstić information content (AvgIpc) is 2.31. The van der Waals surface area contributed by atoms with Crippen molar-refractivity contribution in [2.45, 2.75) is 0 Å². The van der Waals surface area contributed by atoms with Crippen molar-refractivity contribution in [3.8, 4) is 0 Å². The molecule has 0 aromatic carbocycles. The number of amides is 1. The molecule has 0 aliphatic carbocycles. The Morgan fingerprint density at radius 2 is 2.45 bits per heavy atom. The molecule has 2 N–H and O–H groups in total. The molecule has 3 nitrogen and oxygen atoms in total. The molecule has 0 atom stereocenters. The third-order valence-corrected chi connectivity index (χ3v) is 1.70. The predicted octanol–water partition coefficient (Wildman–Crippen LogP) is 1.54. The summed E-state index contributed by atoms with van der Waals surface area (Å²) in [5.74, 6) is 0.0945. The van der Waals surface area contributed by atoms with Gasteiger partial charge in [-0.05, 0) is 28.1 Å². The van der Waals surface area contributed by atoms with Crippen molar-refractivity contribution in [2.24, 2.45) is 5.73 Å². The minimum atomic E-state index is -0.492. The maximum absolute atomic E-state index is 10.3.